The summed E-state index contributed by atoms with van der Waals surface area (Å²) in [5.74, 6) is 0.246. The Labute approximate surface area is 109 Å². The molecular weight excluding hydrogens is 226 g/mol. The largest absolute Gasteiger partial charge is 0.393 e. The van der Waals surface area contributed by atoms with Crippen molar-refractivity contribution in [1.29, 1.82) is 0 Å². The second-order valence-electron chi connectivity index (χ2n) is 5.12. The van der Waals surface area contributed by atoms with E-state index < -0.39 is 0 Å². The van der Waals surface area contributed by atoms with Gasteiger partial charge < -0.3 is 10.4 Å². The van der Waals surface area contributed by atoms with E-state index in [9.17, 15) is 9.90 Å². The van der Waals surface area contributed by atoms with Gasteiger partial charge in [-0.25, -0.2) is 0 Å². The molecule has 0 heterocycles. The summed E-state index contributed by atoms with van der Waals surface area (Å²) >= 11 is 0. The molecule has 2 N–H and O–H groups in total. The van der Waals surface area contributed by atoms with Crippen LogP contribution in [0.15, 0.2) is 24.3 Å². The van der Waals surface area contributed by atoms with Crippen LogP contribution in [0, 0.1) is 12.8 Å². The molecule has 0 saturated heterocycles. The Hall–Kier alpha value is -1.35. The van der Waals surface area contributed by atoms with Crippen LogP contribution in [-0.4, -0.2) is 23.7 Å². The predicted octanol–water partition coefficient (Wildman–Crippen LogP) is 2.06. The zero-order valence-electron chi connectivity index (χ0n) is 11.4. The molecule has 1 unspecified atom stereocenters. The number of aliphatic hydroxyl groups is 1. The van der Waals surface area contributed by atoms with Crippen molar-refractivity contribution in [1.82, 2.24) is 5.32 Å². The van der Waals surface area contributed by atoms with E-state index >= 15 is 0 Å². The van der Waals surface area contributed by atoms with Crippen LogP contribution in [0.3, 0.4) is 0 Å². The zero-order chi connectivity index (χ0) is 13.5. The number of amides is 1. The van der Waals surface area contributed by atoms with Crippen molar-refractivity contribution in [3.8, 4) is 0 Å². The second kappa shape index (κ2) is 7.17. The highest BCUT2D eigenvalue weighted by molar-refractivity contribution is 5.78. The number of hydrogen-bond donors (Lipinski definition) is 2. The van der Waals surface area contributed by atoms with Gasteiger partial charge in [0.1, 0.15) is 0 Å². The maximum atomic E-state index is 11.7. The Morgan fingerprint density at radius 1 is 1.39 bits per heavy atom. The molecule has 0 radical (unpaired) electrons. The van der Waals surface area contributed by atoms with Gasteiger partial charge >= 0.3 is 0 Å². The molecule has 0 spiro atoms. The fourth-order valence-corrected chi connectivity index (χ4v) is 1.76. The molecule has 1 amide bonds. The molecule has 1 rings (SSSR count). The number of benzene rings is 1. The van der Waals surface area contributed by atoms with Crippen molar-refractivity contribution < 1.29 is 9.90 Å². The molecule has 0 aromatic heterocycles. The molecule has 0 aliphatic carbocycles. The highest BCUT2D eigenvalue weighted by Gasteiger charge is 2.09. The fourth-order valence-electron chi connectivity index (χ4n) is 1.76. The third kappa shape index (κ3) is 5.32. The zero-order valence-corrected chi connectivity index (χ0v) is 11.4. The summed E-state index contributed by atoms with van der Waals surface area (Å²) in [4.78, 5) is 11.7. The van der Waals surface area contributed by atoms with Gasteiger partial charge in [0.25, 0.3) is 0 Å². The number of aryl methyl sites for hydroxylation is 1. The van der Waals surface area contributed by atoms with Gasteiger partial charge in [-0.1, -0.05) is 43.7 Å². The maximum Gasteiger partial charge on any atom is 0.224 e. The van der Waals surface area contributed by atoms with Crippen molar-refractivity contribution in [2.24, 2.45) is 5.92 Å². The lowest BCUT2D eigenvalue weighted by molar-refractivity contribution is -0.120. The van der Waals surface area contributed by atoms with Crippen molar-refractivity contribution in [2.45, 2.75) is 39.7 Å². The summed E-state index contributed by atoms with van der Waals surface area (Å²) in [5.41, 5.74) is 2.19. The molecule has 3 heteroatoms. The maximum absolute atomic E-state index is 11.7. The number of nitrogens with one attached hydrogen (secondary N) is 1. The first-order valence-corrected chi connectivity index (χ1v) is 6.49. The van der Waals surface area contributed by atoms with Gasteiger partial charge in [-0.15, -0.1) is 0 Å². The van der Waals surface area contributed by atoms with Crippen LogP contribution in [0.4, 0.5) is 0 Å². The average molecular weight is 249 g/mol. The van der Waals surface area contributed by atoms with E-state index in [4.69, 9.17) is 0 Å². The third-order valence-corrected chi connectivity index (χ3v) is 2.98. The van der Waals surface area contributed by atoms with Crippen molar-refractivity contribution in [3.05, 3.63) is 35.4 Å². The molecule has 1 aromatic carbocycles. The van der Waals surface area contributed by atoms with Crippen LogP contribution in [-0.2, 0) is 11.2 Å². The fraction of sp³-hybridized carbons (Fsp3) is 0.533. The van der Waals surface area contributed by atoms with Crippen molar-refractivity contribution in [2.75, 3.05) is 6.54 Å². The van der Waals surface area contributed by atoms with E-state index in [-0.39, 0.29) is 17.9 Å². The first kappa shape index (κ1) is 14.7. The quantitative estimate of drug-likeness (QED) is 0.810. The summed E-state index contributed by atoms with van der Waals surface area (Å²) in [7, 11) is 0. The average Bonchev–Trinajstić information content (AvgIpc) is 2.28. The number of aliphatic hydroxyl groups excluding tert-OH is 1. The first-order chi connectivity index (χ1) is 8.49. The van der Waals surface area contributed by atoms with E-state index in [1.807, 2.05) is 45.0 Å². The van der Waals surface area contributed by atoms with E-state index in [1.54, 1.807) is 0 Å². The molecule has 0 aliphatic rings. The minimum atomic E-state index is -0.343. The Morgan fingerprint density at radius 2 is 2.11 bits per heavy atom. The van der Waals surface area contributed by atoms with E-state index in [0.29, 0.717) is 19.4 Å². The van der Waals surface area contributed by atoms with Crippen molar-refractivity contribution in [3.63, 3.8) is 0 Å². The SMILES string of the molecule is Cc1cccc(CC(=O)NCCC(O)C(C)C)c1. The Kier molecular flexibility index (Phi) is 5.86. The number of carbonyl (C=O) groups is 1. The molecule has 3 nitrogen and oxygen atoms in total. The van der Waals surface area contributed by atoms with Crippen LogP contribution in [0.1, 0.15) is 31.4 Å². The summed E-state index contributed by atoms with van der Waals surface area (Å²) in [6, 6.07) is 7.94. The van der Waals surface area contributed by atoms with Gasteiger partial charge in [0.15, 0.2) is 0 Å². The van der Waals surface area contributed by atoms with Crippen LogP contribution >= 0.6 is 0 Å². The van der Waals surface area contributed by atoms with Gasteiger partial charge in [0, 0.05) is 6.54 Å². The molecule has 100 valence electrons. The summed E-state index contributed by atoms with van der Waals surface area (Å²) < 4.78 is 0. The van der Waals surface area contributed by atoms with Gasteiger partial charge in [-0.3, -0.25) is 4.79 Å². The molecular formula is C15H23NO2. The smallest absolute Gasteiger partial charge is 0.224 e. The number of hydrogen-bond acceptors (Lipinski definition) is 2. The van der Waals surface area contributed by atoms with Crippen LogP contribution in [0.2, 0.25) is 0 Å². The highest BCUT2D eigenvalue weighted by atomic mass is 16.3. The van der Waals surface area contributed by atoms with E-state index in [0.717, 1.165) is 11.1 Å². The minimum absolute atomic E-state index is 0.0107. The van der Waals surface area contributed by atoms with Crippen LogP contribution < -0.4 is 5.32 Å². The number of carbonyl (C=O) groups excluding carboxylic acids is 1. The summed E-state index contributed by atoms with van der Waals surface area (Å²) in [6.45, 7) is 6.49. The lowest BCUT2D eigenvalue weighted by Crippen LogP contribution is -2.29. The Bertz CT molecular complexity index is 388. The van der Waals surface area contributed by atoms with E-state index in [1.165, 1.54) is 0 Å². The molecule has 0 fully saturated rings. The van der Waals surface area contributed by atoms with Gasteiger partial charge in [0.05, 0.1) is 12.5 Å². The molecule has 1 atom stereocenters. The van der Waals surface area contributed by atoms with Gasteiger partial charge in [0.2, 0.25) is 5.91 Å². The van der Waals surface area contributed by atoms with E-state index in [2.05, 4.69) is 5.32 Å². The second-order valence-corrected chi connectivity index (χ2v) is 5.12. The Morgan fingerprint density at radius 3 is 2.72 bits per heavy atom. The summed E-state index contributed by atoms with van der Waals surface area (Å²) in [6.07, 6.45) is 0.667. The standard InChI is InChI=1S/C15H23NO2/c1-11(2)14(17)7-8-16-15(18)10-13-6-4-5-12(3)9-13/h4-6,9,11,14,17H,7-8,10H2,1-3H3,(H,16,18). The molecule has 18 heavy (non-hydrogen) atoms. The lowest BCUT2D eigenvalue weighted by Gasteiger charge is -2.14. The monoisotopic (exact) mass is 249 g/mol. The molecule has 0 saturated carbocycles. The Balaban J connectivity index is 2.30. The summed E-state index contributed by atoms with van der Waals surface area (Å²) in [5, 5.41) is 12.5. The first-order valence-electron chi connectivity index (χ1n) is 6.49. The van der Waals surface area contributed by atoms with Crippen LogP contribution in [0.25, 0.3) is 0 Å². The minimum Gasteiger partial charge on any atom is -0.393 e. The highest BCUT2D eigenvalue weighted by Crippen LogP contribution is 2.06. The van der Waals surface area contributed by atoms with Gasteiger partial charge in [-0.05, 0) is 24.8 Å². The molecule has 0 aliphatic heterocycles. The topological polar surface area (TPSA) is 49.3 Å². The van der Waals surface area contributed by atoms with Gasteiger partial charge in [-0.2, -0.15) is 0 Å². The molecule has 0 bridgehead atoms. The molecule has 1 aromatic rings. The lowest BCUT2D eigenvalue weighted by atomic mass is 10.0. The normalized spacial score (nSPS) is 12.5. The van der Waals surface area contributed by atoms with Crippen molar-refractivity contribution >= 4 is 5.91 Å². The predicted molar refractivity (Wildman–Crippen MR) is 73.4 cm³/mol. The number of rotatable bonds is 6. The third-order valence-electron chi connectivity index (χ3n) is 2.98. The van der Waals surface area contributed by atoms with Crippen LogP contribution in [0.5, 0.6) is 0 Å².